The van der Waals surface area contributed by atoms with Crippen LogP contribution in [-0.4, -0.2) is 18.2 Å². The zero-order chi connectivity index (χ0) is 15.3. The maximum Gasteiger partial charge on any atom is 0.349 e. The maximum absolute atomic E-state index is 11.9. The van der Waals surface area contributed by atoms with E-state index in [1.54, 1.807) is 20.8 Å². The summed E-state index contributed by atoms with van der Waals surface area (Å²) in [4.78, 5) is 11.9. The summed E-state index contributed by atoms with van der Waals surface area (Å²) in [5.41, 5.74) is 1.15. The number of carbonyl (C=O) groups excluding carboxylic acids is 1. The van der Waals surface area contributed by atoms with Crippen molar-refractivity contribution in [2.45, 2.75) is 26.4 Å². The Hall–Kier alpha value is -2.29. The van der Waals surface area contributed by atoms with Crippen molar-refractivity contribution in [3.63, 3.8) is 0 Å². The lowest BCUT2D eigenvalue weighted by molar-refractivity contribution is -0.158. The van der Waals surface area contributed by atoms with Crippen LogP contribution in [0.3, 0.4) is 0 Å². The van der Waals surface area contributed by atoms with E-state index in [1.807, 2.05) is 54.6 Å². The second-order valence-electron chi connectivity index (χ2n) is 5.23. The van der Waals surface area contributed by atoms with Crippen molar-refractivity contribution in [2.75, 3.05) is 6.61 Å². The van der Waals surface area contributed by atoms with Crippen LogP contribution >= 0.6 is 0 Å². The molecule has 0 N–H and O–H groups in total. The zero-order valence-corrected chi connectivity index (χ0v) is 12.6. The molecule has 2 aromatic carbocycles. The van der Waals surface area contributed by atoms with E-state index in [-0.39, 0.29) is 5.97 Å². The Labute approximate surface area is 125 Å². The van der Waals surface area contributed by atoms with Gasteiger partial charge in [0.1, 0.15) is 5.75 Å². The molecule has 0 amide bonds. The van der Waals surface area contributed by atoms with Crippen LogP contribution in [0.2, 0.25) is 0 Å². The van der Waals surface area contributed by atoms with Crippen LogP contribution in [0.25, 0.3) is 11.1 Å². The normalized spacial score (nSPS) is 11.0. The molecule has 0 aromatic heterocycles. The number of hydrogen-bond donors (Lipinski definition) is 0. The minimum absolute atomic E-state index is 0.343. The number of rotatable bonds is 5. The fourth-order valence-electron chi connectivity index (χ4n) is 2.01. The molecular weight excluding hydrogens is 264 g/mol. The topological polar surface area (TPSA) is 35.5 Å². The summed E-state index contributed by atoms with van der Waals surface area (Å²) in [6.07, 6.45) is 0. The molecule has 0 aliphatic carbocycles. The predicted octanol–water partition coefficient (Wildman–Crippen LogP) is 4.07. The number of esters is 1. The van der Waals surface area contributed by atoms with Crippen LogP contribution in [0.1, 0.15) is 20.8 Å². The smallest absolute Gasteiger partial charge is 0.349 e. The first-order chi connectivity index (χ1) is 10.0. The maximum atomic E-state index is 11.9. The third-order valence-electron chi connectivity index (χ3n) is 3.08. The van der Waals surface area contributed by atoms with Gasteiger partial charge >= 0.3 is 5.97 Å². The standard InChI is InChI=1S/C18H20O3/c1-4-20-17(19)18(2,3)21-16-12-8-11-15(13-16)14-9-6-5-7-10-14/h5-13H,4H2,1-3H3. The second kappa shape index (κ2) is 6.44. The van der Waals surface area contributed by atoms with Crippen LogP contribution < -0.4 is 4.74 Å². The molecule has 0 bridgehead atoms. The molecule has 0 heterocycles. The van der Waals surface area contributed by atoms with E-state index in [0.717, 1.165) is 11.1 Å². The lowest BCUT2D eigenvalue weighted by Crippen LogP contribution is -2.39. The Morgan fingerprint density at radius 3 is 2.33 bits per heavy atom. The average molecular weight is 284 g/mol. The summed E-state index contributed by atoms with van der Waals surface area (Å²) in [6, 6.07) is 17.7. The van der Waals surface area contributed by atoms with E-state index in [0.29, 0.717) is 12.4 Å². The number of ether oxygens (including phenoxy) is 2. The van der Waals surface area contributed by atoms with Gasteiger partial charge in [-0.25, -0.2) is 4.79 Å². The molecule has 0 aliphatic heterocycles. The van der Waals surface area contributed by atoms with Crippen LogP contribution in [0.15, 0.2) is 54.6 Å². The SMILES string of the molecule is CCOC(=O)C(C)(C)Oc1cccc(-c2ccccc2)c1. The van der Waals surface area contributed by atoms with Crippen LogP contribution in [0.4, 0.5) is 0 Å². The summed E-state index contributed by atoms with van der Waals surface area (Å²) >= 11 is 0. The highest BCUT2D eigenvalue weighted by molar-refractivity contribution is 5.79. The van der Waals surface area contributed by atoms with Gasteiger partial charge in [0.2, 0.25) is 0 Å². The Morgan fingerprint density at radius 1 is 1.00 bits per heavy atom. The predicted molar refractivity (Wildman–Crippen MR) is 83.2 cm³/mol. The van der Waals surface area contributed by atoms with Gasteiger partial charge < -0.3 is 9.47 Å². The third kappa shape index (κ3) is 3.85. The summed E-state index contributed by atoms with van der Waals surface area (Å²) in [6.45, 7) is 5.54. The molecule has 0 aliphatic rings. The van der Waals surface area contributed by atoms with Gasteiger partial charge in [-0.3, -0.25) is 0 Å². The lowest BCUT2D eigenvalue weighted by atomic mass is 10.1. The van der Waals surface area contributed by atoms with Gasteiger partial charge in [0, 0.05) is 0 Å². The molecule has 110 valence electrons. The quantitative estimate of drug-likeness (QED) is 0.776. The number of hydrogen-bond acceptors (Lipinski definition) is 3. The van der Waals surface area contributed by atoms with Gasteiger partial charge in [-0.15, -0.1) is 0 Å². The summed E-state index contributed by atoms with van der Waals surface area (Å²) in [5, 5.41) is 0. The third-order valence-corrected chi connectivity index (χ3v) is 3.08. The Balaban J connectivity index is 2.20. The van der Waals surface area contributed by atoms with Crippen molar-refractivity contribution in [1.82, 2.24) is 0 Å². The summed E-state index contributed by atoms with van der Waals surface area (Å²) < 4.78 is 10.8. The van der Waals surface area contributed by atoms with E-state index in [9.17, 15) is 4.79 Å². The van der Waals surface area contributed by atoms with Crippen molar-refractivity contribution >= 4 is 5.97 Å². The van der Waals surface area contributed by atoms with Gasteiger partial charge in [-0.2, -0.15) is 0 Å². The molecule has 0 atom stereocenters. The van der Waals surface area contributed by atoms with Crippen molar-refractivity contribution in [3.05, 3.63) is 54.6 Å². The summed E-state index contributed by atoms with van der Waals surface area (Å²) in [7, 11) is 0. The Bertz CT molecular complexity index is 603. The zero-order valence-electron chi connectivity index (χ0n) is 12.6. The second-order valence-corrected chi connectivity index (χ2v) is 5.23. The fourth-order valence-corrected chi connectivity index (χ4v) is 2.01. The number of carbonyl (C=O) groups is 1. The molecule has 2 aromatic rings. The molecule has 0 saturated heterocycles. The van der Waals surface area contributed by atoms with Crippen LogP contribution in [0, 0.1) is 0 Å². The highest BCUT2D eigenvalue weighted by Crippen LogP contribution is 2.26. The molecule has 0 fully saturated rings. The van der Waals surface area contributed by atoms with Gasteiger partial charge in [0.05, 0.1) is 6.61 Å². The van der Waals surface area contributed by atoms with E-state index >= 15 is 0 Å². The van der Waals surface area contributed by atoms with E-state index < -0.39 is 5.60 Å². The molecule has 3 heteroatoms. The fraction of sp³-hybridized carbons (Fsp3) is 0.278. The first-order valence-corrected chi connectivity index (χ1v) is 7.04. The van der Waals surface area contributed by atoms with Gasteiger partial charge in [0.25, 0.3) is 0 Å². The molecule has 0 saturated carbocycles. The van der Waals surface area contributed by atoms with Gasteiger partial charge in [-0.05, 0) is 44.0 Å². The molecule has 21 heavy (non-hydrogen) atoms. The lowest BCUT2D eigenvalue weighted by Gasteiger charge is -2.24. The molecule has 2 rings (SSSR count). The first-order valence-electron chi connectivity index (χ1n) is 7.04. The van der Waals surface area contributed by atoms with Crippen molar-refractivity contribution in [2.24, 2.45) is 0 Å². The van der Waals surface area contributed by atoms with E-state index in [4.69, 9.17) is 9.47 Å². The monoisotopic (exact) mass is 284 g/mol. The van der Waals surface area contributed by atoms with Crippen LogP contribution in [0.5, 0.6) is 5.75 Å². The largest absolute Gasteiger partial charge is 0.476 e. The van der Waals surface area contributed by atoms with Crippen LogP contribution in [-0.2, 0) is 9.53 Å². The molecule has 0 spiro atoms. The van der Waals surface area contributed by atoms with Crippen molar-refractivity contribution < 1.29 is 14.3 Å². The molecular formula is C18H20O3. The van der Waals surface area contributed by atoms with E-state index in [2.05, 4.69) is 0 Å². The van der Waals surface area contributed by atoms with Crippen molar-refractivity contribution in [1.29, 1.82) is 0 Å². The molecule has 3 nitrogen and oxygen atoms in total. The van der Waals surface area contributed by atoms with Gasteiger partial charge in [-0.1, -0.05) is 42.5 Å². The molecule has 0 radical (unpaired) electrons. The minimum Gasteiger partial charge on any atom is -0.476 e. The Morgan fingerprint density at radius 2 is 1.67 bits per heavy atom. The highest BCUT2D eigenvalue weighted by Gasteiger charge is 2.31. The molecule has 0 unspecified atom stereocenters. The Kier molecular flexibility index (Phi) is 4.63. The summed E-state index contributed by atoms with van der Waals surface area (Å²) in [5.74, 6) is 0.282. The average Bonchev–Trinajstić information content (AvgIpc) is 2.48. The first kappa shape index (κ1) is 15.1. The number of benzene rings is 2. The van der Waals surface area contributed by atoms with Gasteiger partial charge in [0.15, 0.2) is 5.60 Å². The van der Waals surface area contributed by atoms with Crippen molar-refractivity contribution in [3.8, 4) is 16.9 Å². The van der Waals surface area contributed by atoms with E-state index in [1.165, 1.54) is 0 Å². The minimum atomic E-state index is -1.01. The highest BCUT2D eigenvalue weighted by atomic mass is 16.6.